The van der Waals surface area contributed by atoms with Gasteiger partial charge in [-0.15, -0.1) is 0 Å². The fraction of sp³-hybridized carbons (Fsp3) is 0.0303. The van der Waals surface area contributed by atoms with Gasteiger partial charge in [-0.3, -0.25) is 0 Å². The number of hydrogen-bond donors (Lipinski definition) is 0. The maximum Gasteiger partial charge on any atom is 0.161 e. The average molecular weight is 893 g/mol. The molecular formula is C66H44N4. The highest BCUT2D eigenvalue weighted by molar-refractivity contribution is 6.17. The predicted molar refractivity (Wildman–Crippen MR) is 293 cm³/mol. The van der Waals surface area contributed by atoms with E-state index in [1.807, 2.05) is 0 Å². The van der Waals surface area contributed by atoms with Crippen LogP contribution < -0.4 is 0 Å². The standard InChI is InChI=1S/C66H44N4/c1-42-36-47(50-28-17-33-63-65(50)54-27-12-14-32-61(54)69(63)48-24-9-4-10-25-48)38-49(37-42)70-60-31-13-11-26-51(60)56-39-46(34-35-62(56)70)55-40-57(53-30-16-23-45-22-15-29-52(55)64(45)53)66-67-58(43-18-5-2-6-19-43)41-59(68-66)44-20-7-3-8-21-44/h2-22,24-41H,23H2,1H3. The number of allylic oxidation sites excluding steroid dienone is 1. The van der Waals surface area contributed by atoms with E-state index in [9.17, 15) is 0 Å². The number of rotatable bonds is 7. The summed E-state index contributed by atoms with van der Waals surface area (Å²) in [7, 11) is 0. The summed E-state index contributed by atoms with van der Waals surface area (Å²) >= 11 is 0. The summed E-state index contributed by atoms with van der Waals surface area (Å²) in [4.78, 5) is 10.7. The van der Waals surface area contributed by atoms with Crippen molar-refractivity contribution in [3.05, 3.63) is 247 Å². The number of aryl methyl sites for hydroxylation is 1. The zero-order valence-electron chi connectivity index (χ0n) is 38.5. The molecule has 3 heterocycles. The van der Waals surface area contributed by atoms with Gasteiger partial charge in [0.2, 0.25) is 0 Å². The molecule has 1 aliphatic carbocycles. The summed E-state index contributed by atoms with van der Waals surface area (Å²) in [5.74, 6) is 0.716. The van der Waals surface area contributed by atoms with Crippen molar-refractivity contribution in [2.24, 2.45) is 0 Å². The Hall–Kier alpha value is -9.12. The lowest BCUT2D eigenvalue weighted by Gasteiger charge is -2.20. The summed E-state index contributed by atoms with van der Waals surface area (Å²) in [6, 6.07) is 81.4. The molecule has 0 radical (unpaired) electrons. The minimum absolute atomic E-state index is 0.716. The molecule has 4 heteroatoms. The summed E-state index contributed by atoms with van der Waals surface area (Å²) in [6.07, 6.45) is 5.44. The van der Waals surface area contributed by atoms with Crippen LogP contribution in [0.3, 0.4) is 0 Å². The van der Waals surface area contributed by atoms with Crippen LogP contribution in [-0.2, 0) is 6.42 Å². The quantitative estimate of drug-likeness (QED) is 0.160. The molecule has 328 valence electrons. The molecule has 1 aliphatic rings. The van der Waals surface area contributed by atoms with E-state index in [0.717, 1.165) is 62.5 Å². The van der Waals surface area contributed by atoms with E-state index >= 15 is 0 Å². The molecule has 3 aromatic heterocycles. The Morgan fingerprint density at radius 2 is 0.986 bits per heavy atom. The fourth-order valence-corrected chi connectivity index (χ4v) is 11.3. The van der Waals surface area contributed by atoms with Crippen molar-refractivity contribution >= 4 is 60.5 Å². The third kappa shape index (κ3) is 6.38. The molecule has 0 atom stereocenters. The van der Waals surface area contributed by atoms with Gasteiger partial charge in [0, 0.05) is 49.6 Å². The normalized spacial score (nSPS) is 12.2. The van der Waals surface area contributed by atoms with Gasteiger partial charge in [-0.05, 0) is 130 Å². The van der Waals surface area contributed by atoms with Crippen molar-refractivity contribution in [2.75, 3.05) is 0 Å². The summed E-state index contributed by atoms with van der Waals surface area (Å²) in [5, 5.41) is 7.43. The second kappa shape index (κ2) is 16.0. The van der Waals surface area contributed by atoms with Crippen LogP contribution in [0.2, 0.25) is 0 Å². The third-order valence-electron chi connectivity index (χ3n) is 14.3. The molecule has 0 saturated heterocycles. The molecule has 0 N–H and O–H groups in total. The van der Waals surface area contributed by atoms with E-state index in [0.29, 0.717) is 5.82 Å². The molecule has 0 aliphatic heterocycles. The van der Waals surface area contributed by atoms with Gasteiger partial charge in [-0.1, -0.05) is 170 Å². The Morgan fingerprint density at radius 1 is 0.371 bits per heavy atom. The maximum atomic E-state index is 5.36. The van der Waals surface area contributed by atoms with Crippen LogP contribution in [0, 0.1) is 6.92 Å². The molecule has 0 unspecified atom stereocenters. The van der Waals surface area contributed by atoms with Crippen molar-refractivity contribution in [2.45, 2.75) is 13.3 Å². The first-order valence-corrected chi connectivity index (χ1v) is 24.1. The monoisotopic (exact) mass is 892 g/mol. The minimum atomic E-state index is 0.716. The molecule has 14 rings (SSSR count). The minimum Gasteiger partial charge on any atom is -0.309 e. The van der Waals surface area contributed by atoms with Gasteiger partial charge < -0.3 is 9.13 Å². The Bertz CT molecular complexity index is 4200. The second-order valence-electron chi connectivity index (χ2n) is 18.6. The SMILES string of the molecule is Cc1cc(-c2cccc3c2c2ccccc2n3-c2ccccc2)cc(-n2c3ccccc3c3cc(-c4cc(-c5nc(-c6ccccc6)cc(-c6ccccc6)n5)c5c6c(cccc46)CC=C5)ccc32)c1. The van der Waals surface area contributed by atoms with E-state index in [1.54, 1.807) is 0 Å². The highest BCUT2D eigenvalue weighted by atomic mass is 15.0. The second-order valence-corrected chi connectivity index (χ2v) is 18.6. The van der Waals surface area contributed by atoms with Crippen LogP contribution in [0.1, 0.15) is 16.7 Å². The van der Waals surface area contributed by atoms with Gasteiger partial charge in [-0.25, -0.2) is 9.97 Å². The van der Waals surface area contributed by atoms with Crippen LogP contribution in [0.25, 0.3) is 128 Å². The predicted octanol–water partition coefficient (Wildman–Crippen LogP) is 17.0. The van der Waals surface area contributed by atoms with E-state index in [4.69, 9.17) is 9.97 Å². The van der Waals surface area contributed by atoms with E-state index in [-0.39, 0.29) is 0 Å². The van der Waals surface area contributed by atoms with Crippen LogP contribution >= 0.6 is 0 Å². The molecule has 0 bridgehead atoms. The van der Waals surface area contributed by atoms with Crippen molar-refractivity contribution < 1.29 is 0 Å². The molecule has 0 spiro atoms. The smallest absolute Gasteiger partial charge is 0.161 e. The molecule has 0 fully saturated rings. The highest BCUT2D eigenvalue weighted by Crippen LogP contribution is 2.45. The van der Waals surface area contributed by atoms with Gasteiger partial charge >= 0.3 is 0 Å². The lowest BCUT2D eigenvalue weighted by atomic mass is 9.85. The van der Waals surface area contributed by atoms with E-state index < -0.39 is 0 Å². The molecule has 0 amide bonds. The van der Waals surface area contributed by atoms with Crippen LogP contribution in [0.15, 0.2) is 231 Å². The number of hydrogen-bond acceptors (Lipinski definition) is 2. The average Bonchev–Trinajstić information content (AvgIpc) is 3.94. The lowest BCUT2D eigenvalue weighted by molar-refractivity contribution is 1.17. The summed E-state index contributed by atoms with van der Waals surface area (Å²) < 4.78 is 4.86. The molecule has 13 aromatic rings. The fourth-order valence-electron chi connectivity index (χ4n) is 11.3. The van der Waals surface area contributed by atoms with Gasteiger partial charge in [-0.2, -0.15) is 0 Å². The molecule has 10 aromatic carbocycles. The van der Waals surface area contributed by atoms with E-state index in [2.05, 4.69) is 253 Å². The summed E-state index contributed by atoms with van der Waals surface area (Å²) in [5.41, 5.74) is 20.4. The van der Waals surface area contributed by atoms with Crippen molar-refractivity contribution in [1.29, 1.82) is 0 Å². The highest BCUT2D eigenvalue weighted by Gasteiger charge is 2.23. The molecule has 4 nitrogen and oxygen atoms in total. The van der Waals surface area contributed by atoms with Gasteiger partial charge in [0.25, 0.3) is 0 Å². The van der Waals surface area contributed by atoms with Gasteiger partial charge in [0.05, 0.1) is 33.5 Å². The molecular weight excluding hydrogens is 849 g/mol. The number of benzene rings is 10. The van der Waals surface area contributed by atoms with Crippen molar-refractivity contribution in [3.8, 4) is 67.5 Å². The zero-order valence-corrected chi connectivity index (χ0v) is 38.5. The number of aromatic nitrogens is 4. The van der Waals surface area contributed by atoms with Crippen LogP contribution in [-0.4, -0.2) is 19.1 Å². The Morgan fingerprint density at radius 3 is 1.74 bits per heavy atom. The number of nitrogens with zero attached hydrogens (tertiary/aromatic N) is 4. The van der Waals surface area contributed by atoms with E-state index in [1.165, 1.54) is 76.7 Å². The Labute approximate surface area is 405 Å². The largest absolute Gasteiger partial charge is 0.309 e. The van der Waals surface area contributed by atoms with Crippen molar-refractivity contribution in [1.82, 2.24) is 19.1 Å². The zero-order chi connectivity index (χ0) is 46.3. The Kier molecular flexibility index (Phi) is 9.15. The summed E-state index contributed by atoms with van der Waals surface area (Å²) in [6.45, 7) is 2.22. The maximum absolute atomic E-state index is 5.36. The van der Waals surface area contributed by atoms with Crippen LogP contribution in [0.4, 0.5) is 0 Å². The first-order valence-electron chi connectivity index (χ1n) is 24.1. The third-order valence-corrected chi connectivity index (χ3v) is 14.3. The van der Waals surface area contributed by atoms with Gasteiger partial charge in [0.1, 0.15) is 0 Å². The lowest BCUT2D eigenvalue weighted by Crippen LogP contribution is -2.01. The number of para-hydroxylation sites is 3. The van der Waals surface area contributed by atoms with Crippen molar-refractivity contribution in [3.63, 3.8) is 0 Å². The van der Waals surface area contributed by atoms with Crippen LogP contribution in [0.5, 0.6) is 0 Å². The topological polar surface area (TPSA) is 35.6 Å². The molecule has 70 heavy (non-hydrogen) atoms. The number of fused-ring (bicyclic) bond motifs is 6. The Balaban J connectivity index is 0.962. The first-order chi connectivity index (χ1) is 34.6. The first kappa shape index (κ1) is 40.0. The van der Waals surface area contributed by atoms with Gasteiger partial charge in [0.15, 0.2) is 5.82 Å². The molecule has 0 saturated carbocycles.